The molecule has 3 nitrogen and oxygen atoms in total. The van der Waals surface area contributed by atoms with E-state index in [1.807, 2.05) is 0 Å². The lowest BCUT2D eigenvalue weighted by atomic mass is 10.1. The zero-order valence-corrected chi connectivity index (χ0v) is 10.1. The van der Waals surface area contributed by atoms with Crippen molar-refractivity contribution in [2.24, 2.45) is 5.92 Å². The van der Waals surface area contributed by atoms with E-state index in [-0.39, 0.29) is 0 Å². The van der Waals surface area contributed by atoms with Crippen molar-refractivity contribution in [3.8, 4) is 0 Å². The van der Waals surface area contributed by atoms with Gasteiger partial charge in [-0.15, -0.1) is 0 Å². The van der Waals surface area contributed by atoms with E-state index in [1.54, 1.807) is 26.9 Å². The van der Waals surface area contributed by atoms with Crippen molar-refractivity contribution >= 4 is 8.80 Å². The molecular formula is C10H18O3Si. The van der Waals surface area contributed by atoms with Crippen molar-refractivity contribution in [2.45, 2.75) is 25.7 Å². The Balaban J connectivity index is 2.28. The second-order valence-corrected chi connectivity index (χ2v) is 7.00. The molecular weight excluding hydrogens is 196 g/mol. The minimum Gasteiger partial charge on any atom is -0.374 e. The fraction of sp³-hybridized carbons (Fsp3) is 0.800. The lowest BCUT2D eigenvalue weighted by Gasteiger charge is -2.28. The fourth-order valence-corrected chi connectivity index (χ4v) is 5.21. The summed E-state index contributed by atoms with van der Waals surface area (Å²) in [6, 6.07) is 0. The minimum absolute atomic E-state index is 0.840. The molecule has 0 N–H and O–H groups in total. The van der Waals surface area contributed by atoms with Gasteiger partial charge in [-0.2, -0.15) is 0 Å². The molecule has 0 saturated heterocycles. The standard InChI is InChI=1S/C10H18O3Si/c1-11-14(12-2,13-3)10-7-8-4-5-9(10)6-8/h8H,4-7H2,1-3H3. The van der Waals surface area contributed by atoms with E-state index in [1.165, 1.54) is 24.5 Å². The average Bonchev–Trinajstić information content (AvgIpc) is 2.83. The van der Waals surface area contributed by atoms with Gasteiger partial charge in [0.25, 0.3) is 0 Å². The van der Waals surface area contributed by atoms with Crippen LogP contribution in [0.3, 0.4) is 0 Å². The quantitative estimate of drug-likeness (QED) is 0.669. The molecule has 0 radical (unpaired) electrons. The molecule has 0 heterocycles. The van der Waals surface area contributed by atoms with Crippen LogP contribution >= 0.6 is 0 Å². The Bertz CT molecular complexity index is 250. The Labute approximate surface area is 86.4 Å². The molecule has 0 aliphatic heterocycles. The molecule has 2 aliphatic carbocycles. The van der Waals surface area contributed by atoms with Crippen molar-refractivity contribution in [3.63, 3.8) is 0 Å². The van der Waals surface area contributed by atoms with Gasteiger partial charge in [-0.3, -0.25) is 0 Å². The topological polar surface area (TPSA) is 27.7 Å². The molecule has 2 rings (SSSR count). The summed E-state index contributed by atoms with van der Waals surface area (Å²) in [6.45, 7) is 0. The predicted octanol–water partition coefficient (Wildman–Crippen LogP) is 1.90. The largest absolute Gasteiger partial charge is 0.532 e. The number of allylic oxidation sites excluding steroid dienone is 2. The van der Waals surface area contributed by atoms with Gasteiger partial charge >= 0.3 is 8.80 Å². The van der Waals surface area contributed by atoms with E-state index in [2.05, 4.69) is 0 Å². The Morgan fingerprint density at radius 1 is 1.07 bits per heavy atom. The molecule has 1 unspecified atom stereocenters. The summed E-state index contributed by atoms with van der Waals surface area (Å²) in [4.78, 5) is 0. The molecule has 2 aliphatic rings. The summed E-state index contributed by atoms with van der Waals surface area (Å²) >= 11 is 0. The normalized spacial score (nSPS) is 26.4. The van der Waals surface area contributed by atoms with E-state index >= 15 is 0 Å². The Hall–Kier alpha value is -0.163. The highest BCUT2D eigenvalue weighted by molar-refractivity contribution is 6.69. The second-order valence-electron chi connectivity index (χ2n) is 4.06. The zero-order valence-electron chi connectivity index (χ0n) is 9.13. The van der Waals surface area contributed by atoms with Crippen LogP contribution in [-0.2, 0) is 13.3 Å². The van der Waals surface area contributed by atoms with Gasteiger partial charge in [0, 0.05) is 21.3 Å². The molecule has 0 aromatic rings. The Kier molecular flexibility index (Phi) is 2.79. The van der Waals surface area contributed by atoms with Gasteiger partial charge in [-0.25, -0.2) is 0 Å². The van der Waals surface area contributed by atoms with Gasteiger partial charge in [-0.1, -0.05) is 5.57 Å². The SMILES string of the molecule is CO[Si](OC)(OC)C1=C2CCC(C2)C1. The maximum Gasteiger partial charge on any atom is 0.532 e. The maximum absolute atomic E-state index is 5.51. The van der Waals surface area contributed by atoms with Crippen LogP contribution in [0.15, 0.2) is 10.8 Å². The molecule has 0 spiro atoms. The molecule has 14 heavy (non-hydrogen) atoms. The Morgan fingerprint density at radius 3 is 2.07 bits per heavy atom. The highest BCUT2D eigenvalue weighted by Crippen LogP contribution is 2.47. The first-order chi connectivity index (χ1) is 6.75. The van der Waals surface area contributed by atoms with Crippen LogP contribution in [-0.4, -0.2) is 30.1 Å². The molecule has 4 heteroatoms. The van der Waals surface area contributed by atoms with Crippen molar-refractivity contribution in [2.75, 3.05) is 21.3 Å². The summed E-state index contributed by atoms with van der Waals surface area (Å²) in [5.41, 5.74) is 1.55. The van der Waals surface area contributed by atoms with E-state index < -0.39 is 8.80 Å². The number of fused-ring (bicyclic) bond motifs is 2. The third-order valence-corrected chi connectivity index (χ3v) is 6.39. The molecule has 1 saturated carbocycles. The number of rotatable bonds is 4. The van der Waals surface area contributed by atoms with Gasteiger partial charge in [0.15, 0.2) is 0 Å². The zero-order chi connectivity index (χ0) is 10.2. The first-order valence-electron chi connectivity index (χ1n) is 5.12. The van der Waals surface area contributed by atoms with E-state index in [9.17, 15) is 0 Å². The van der Waals surface area contributed by atoms with Gasteiger partial charge < -0.3 is 13.3 Å². The van der Waals surface area contributed by atoms with Gasteiger partial charge in [-0.05, 0) is 36.8 Å². The molecule has 1 fully saturated rings. The minimum atomic E-state index is -2.46. The highest BCUT2D eigenvalue weighted by Gasteiger charge is 2.49. The summed E-state index contributed by atoms with van der Waals surface area (Å²) in [7, 11) is 2.62. The molecule has 80 valence electrons. The van der Waals surface area contributed by atoms with E-state index in [4.69, 9.17) is 13.3 Å². The van der Waals surface area contributed by atoms with Crippen LogP contribution in [0.1, 0.15) is 25.7 Å². The van der Waals surface area contributed by atoms with Gasteiger partial charge in [0.05, 0.1) is 0 Å². The first-order valence-corrected chi connectivity index (χ1v) is 6.85. The third-order valence-electron chi connectivity index (χ3n) is 3.48. The van der Waals surface area contributed by atoms with Crippen LogP contribution in [0.5, 0.6) is 0 Å². The third kappa shape index (κ3) is 1.37. The predicted molar refractivity (Wildman–Crippen MR) is 55.8 cm³/mol. The molecule has 0 aromatic carbocycles. The smallest absolute Gasteiger partial charge is 0.374 e. The summed E-state index contributed by atoms with van der Waals surface area (Å²) in [5, 5.41) is 1.36. The van der Waals surface area contributed by atoms with Crippen LogP contribution in [0.4, 0.5) is 0 Å². The summed E-state index contributed by atoms with van der Waals surface area (Å²) in [5.74, 6) is 0.840. The van der Waals surface area contributed by atoms with Gasteiger partial charge in [0.1, 0.15) is 0 Å². The summed E-state index contributed by atoms with van der Waals surface area (Å²) in [6.07, 6.45) is 4.96. The van der Waals surface area contributed by atoms with Crippen LogP contribution in [0.2, 0.25) is 0 Å². The van der Waals surface area contributed by atoms with E-state index in [0.29, 0.717) is 0 Å². The van der Waals surface area contributed by atoms with Crippen molar-refractivity contribution in [3.05, 3.63) is 10.8 Å². The lowest BCUT2D eigenvalue weighted by molar-refractivity contribution is 0.132. The van der Waals surface area contributed by atoms with E-state index in [0.717, 1.165) is 12.3 Å². The van der Waals surface area contributed by atoms with Crippen molar-refractivity contribution in [1.82, 2.24) is 0 Å². The maximum atomic E-state index is 5.51. The Morgan fingerprint density at radius 2 is 1.71 bits per heavy atom. The van der Waals surface area contributed by atoms with Crippen LogP contribution < -0.4 is 0 Å². The van der Waals surface area contributed by atoms with Crippen LogP contribution in [0, 0.1) is 5.92 Å². The molecule has 0 amide bonds. The molecule has 0 aromatic heterocycles. The number of hydrogen-bond acceptors (Lipinski definition) is 3. The second kappa shape index (κ2) is 3.77. The van der Waals surface area contributed by atoms with Gasteiger partial charge in [0.2, 0.25) is 0 Å². The highest BCUT2D eigenvalue weighted by atomic mass is 28.4. The monoisotopic (exact) mass is 214 g/mol. The average molecular weight is 214 g/mol. The molecule has 2 bridgehead atoms. The van der Waals surface area contributed by atoms with Crippen molar-refractivity contribution in [1.29, 1.82) is 0 Å². The molecule has 1 atom stereocenters. The lowest BCUT2D eigenvalue weighted by Crippen LogP contribution is -2.46. The fourth-order valence-electron chi connectivity index (χ4n) is 2.77. The number of hydrogen-bond donors (Lipinski definition) is 0. The summed E-state index contributed by atoms with van der Waals surface area (Å²) < 4.78 is 16.5. The van der Waals surface area contributed by atoms with Crippen molar-refractivity contribution < 1.29 is 13.3 Å². The van der Waals surface area contributed by atoms with Crippen LogP contribution in [0.25, 0.3) is 0 Å². The first kappa shape index (κ1) is 10.4.